The molecule has 0 unspecified atom stereocenters. The van der Waals surface area contributed by atoms with Crippen molar-refractivity contribution in [3.63, 3.8) is 0 Å². The van der Waals surface area contributed by atoms with Crippen molar-refractivity contribution in [3.8, 4) is 0 Å². The fourth-order valence-electron chi connectivity index (χ4n) is 1.76. The van der Waals surface area contributed by atoms with E-state index in [0.717, 1.165) is 5.57 Å². The van der Waals surface area contributed by atoms with Gasteiger partial charge in [-0.15, -0.1) is 5.11 Å². The summed E-state index contributed by atoms with van der Waals surface area (Å²) in [6.45, 7) is 24.1. The molecular formula is C25H29N5. The number of azo groups is 1. The maximum Gasteiger partial charge on any atom is 0.0898 e. The third-order valence-corrected chi connectivity index (χ3v) is 3.22. The summed E-state index contributed by atoms with van der Waals surface area (Å²) < 4.78 is 0. The van der Waals surface area contributed by atoms with Crippen LogP contribution in [0.1, 0.15) is 6.92 Å². The van der Waals surface area contributed by atoms with Crippen molar-refractivity contribution in [1.82, 2.24) is 5.43 Å². The van der Waals surface area contributed by atoms with Crippen molar-refractivity contribution in [2.75, 3.05) is 0 Å². The normalized spacial score (nSPS) is 14.2. The van der Waals surface area contributed by atoms with Crippen molar-refractivity contribution in [1.29, 1.82) is 0 Å². The topological polar surface area (TPSA) is 61.5 Å². The molecule has 0 saturated heterocycles. The zero-order chi connectivity index (χ0) is 22.6. The molecule has 0 heterocycles. The zero-order valence-electron chi connectivity index (χ0n) is 17.5. The van der Waals surface area contributed by atoms with Crippen LogP contribution in [0.15, 0.2) is 167 Å². The highest BCUT2D eigenvalue weighted by atomic mass is 15.4. The highest BCUT2D eigenvalue weighted by Crippen LogP contribution is 2.14. The summed E-state index contributed by atoms with van der Waals surface area (Å²) in [6.07, 6.45) is 22.2. The number of nitrogens with zero attached hydrogens (tertiary/aromatic N) is 4. The van der Waals surface area contributed by atoms with E-state index in [1.54, 1.807) is 79.0 Å². The molecule has 0 spiro atoms. The van der Waals surface area contributed by atoms with Crippen LogP contribution in [-0.4, -0.2) is 0 Å². The molecule has 5 heteroatoms. The fourth-order valence-corrected chi connectivity index (χ4v) is 1.76. The molecular weight excluding hydrogens is 370 g/mol. The summed E-state index contributed by atoms with van der Waals surface area (Å²) in [5.41, 5.74) is 6.05. The lowest BCUT2D eigenvalue weighted by molar-refractivity contribution is 0.823. The van der Waals surface area contributed by atoms with Crippen LogP contribution in [0.4, 0.5) is 0 Å². The van der Waals surface area contributed by atoms with E-state index in [9.17, 15) is 0 Å². The van der Waals surface area contributed by atoms with Crippen LogP contribution in [0.5, 0.6) is 0 Å². The Morgan fingerprint density at radius 3 is 1.93 bits per heavy atom. The van der Waals surface area contributed by atoms with Crippen LogP contribution in [-0.2, 0) is 0 Å². The summed E-state index contributed by atoms with van der Waals surface area (Å²) in [5, 5.41) is 16.5. The minimum absolute atomic E-state index is 0.552. The predicted molar refractivity (Wildman–Crippen MR) is 129 cm³/mol. The summed E-state index contributed by atoms with van der Waals surface area (Å²) in [6, 6.07) is 0. The average Bonchev–Trinajstić information content (AvgIpc) is 2.76. The lowest BCUT2D eigenvalue weighted by atomic mass is 10.2. The summed E-state index contributed by atoms with van der Waals surface area (Å²) in [4.78, 5) is 0. The van der Waals surface area contributed by atoms with Gasteiger partial charge in [0, 0.05) is 0 Å². The molecule has 30 heavy (non-hydrogen) atoms. The number of rotatable bonds is 14. The van der Waals surface area contributed by atoms with Gasteiger partial charge < -0.3 is 0 Å². The Bertz CT molecular complexity index is 884. The second-order valence-corrected chi connectivity index (χ2v) is 5.43. The first-order valence-corrected chi connectivity index (χ1v) is 9.05. The molecule has 1 N–H and O–H groups in total. The molecule has 0 aliphatic carbocycles. The smallest absolute Gasteiger partial charge is 0.0898 e. The van der Waals surface area contributed by atoms with E-state index < -0.39 is 0 Å². The molecule has 0 atom stereocenters. The second-order valence-electron chi connectivity index (χ2n) is 5.43. The van der Waals surface area contributed by atoms with E-state index in [-0.39, 0.29) is 0 Å². The van der Waals surface area contributed by atoms with E-state index in [1.807, 2.05) is 6.92 Å². The van der Waals surface area contributed by atoms with Gasteiger partial charge in [-0.2, -0.15) is 10.2 Å². The van der Waals surface area contributed by atoms with Gasteiger partial charge in [0.1, 0.15) is 0 Å². The zero-order valence-corrected chi connectivity index (χ0v) is 17.5. The first-order valence-electron chi connectivity index (χ1n) is 9.05. The highest BCUT2D eigenvalue weighted by Gasteiger charge is 1.98. The van der Waals surface area contributed by atoms with Crippen LogP contribution in [0.2, 0.25) is 0 Å². The molecule has 0 aromatic rings. The first-order chi connectivity index (χ1) is 14.6. The van der Waals surface area contributed by atoms with Crippen molar-refractivity contribution < 1.29 is 0 Å². The minimum Gasteiger partial charge on any atom is -0.260 e. The van der Waals surface area contributed by atoms with Crippen LogP contribution in [0.3, 0.4) is 0 Å². The van der Waals surface area contributed by atoms with Gasteiger partial charge in [0.05, 0.1) is 22.8 Å². The Hall–Kier alpha value is -4.12. The monoisotopic (exact) mass is 399 g/mol. The van der Waals surface area contributed by atoms with E-state index in [2.05, 4.69) is 65.5 Å². The Morgan fingerprint density at radius 1 is 0.700 bits per heavy atom. The predicted octanol–water partition coefficient (Wildman–Crippen LogP) is 7.55. The van der Waals surface area contributed by atoms with E-state index >= 15 is 0 Å². The lowest BCUT2D eigenvalue weighted by Crippen LogP contribution is -2.01. The molecule has 5 nitrogen and oxygen atoms in total. The molecule has 0 aliphatic heterocycles. The van der Waals surface area contributed by atoms with E-state index in [4.69, 9.17) is 0 Å². The lowest BCUT2D eigenvalue weighted by Gasteiger charge is -2.01. The Morgan fingerprint density at radius 2 is 1.37 bits per heavy atom. The van der Waals surface area contributed by atoms with E-state index in [0.29, 0.717) is 22.8 Å². The molecule has 0 amide bonds. The average molecular weight is 400 g/mol. The highest BCUT2D eigenvalue weighted by molar-refractivity contribution is 5.34. The van der Waals surface area contributed by atoms with E-state index in [1.165, 1.54) is 0 Å². The minimum atomic E-state index is 0.552. The fraction of sp³-hybridized carbons (Fsp3) is 0.0400. The number of allylic oxidation sites excluding steroid dienone is 14. The van der Waals surface area contributed by atoms with Gasteiger partial charge in [0.25, 0.3) is 0 Å². The first kappa shape index (κ1) is 25.9. The molecule has 0 aromatic carbocycles. The van der Waals surface area contributed by atoms with Gasteiger partial charge in [-0.1, -0.05) is 81.2 Å². The third kappa shape index (κ3) is 11.6. The Labute approximate surface area is 180 Å². The van der Waals surface area contributed by atoms with Crippen molar-refractivity contribution in [3.05, 3.63) is 147 Å². The second kappa shape index (κ2) is 17.0. The summed E-state index contributed by atoms with van der Waals surface area (Å²) in [5.74, 6) is 0. The van der Waals surface area contributed by atoms with Gasteiger partial charge in [-0.25, -0.2) is 0 Å². The van der Waals surface area contributed by atoms with Crippen molar-refractivity contribution >= 4 is 0 Å². The quantitative estimate of drug-likeness (QED) is 0.183. The number of hydrogen-bond donors (Lipinski definition) is 1. The SMILES string of the molecule is C=C\C=C/C=C(C=C)/N=N/C(C=C)=C/C(C)=C(C=C)/N=N/NC(/C=C\C=C)=C/C=C. The summed E-state index contributed by atoms with van der Waals surface area (Å²) in [7, 11) is 0. The van der Waals surface area contributed by atoms with Gasteiger partial charge >= 0.3 is 0 Å². The number of nitrogens with one attached hydrogen (secondary N) is 1. The molecule has 0 aliphatic rings. The maximum absolute atomic E-state index is 4.19. The molecule has 0 bridgehead atoms. The number of hydrogen-bond acceptors (Lipinski definition) is 4. The van der Waals surface area contributed by atoms with Crippen LogP contribution >= 0.6 is 0 Å². The molecule has 0 radical (unpaired) electrons. The Kier molecular flexibility index (Phi) is 14.7. The largest absolute Gasteiger partial charge is 0.260 e. The standard InChI is InChI=1S/C25H29N5/c1-8-14-16-19-22(11-4)26-27-23(12-5)20-21(7)25(13-6)29-30-28-24(17-10-3)18-15-9-2/h8-20H,1-6H2,7H3,(H,28,29)/b16-14-,18-15-,22-19+,23-20+,24-17+,25-21+,27-26+. The van der Waals surface area contributed by atoms with Crippen LogP contribution < -0.4 is 5.43 Å². The maximum atomic E-state index is 4.19. The third-order valence-electron chi connectivity index (χ3n) is 3.22. The Balaban J connectivity index is 5.60. The molecule has 0 aromatic heterocycles. The summed E-state index contributed by atoms with van der Waals surface area (Å²) >= 11 is 0. The molecule has 0 fully saturated rings. The van der Waals surface area contributed by atoms with Crippen molar-refractivity contribution in [2.45, 2.75) is 6.92 Å². The van der Waals surface area contributed by atoms with Crippen molar-refractivity contribution in [2.24, 2.45) is 20.6 Å². The van der Waals surface area contributed by atoms with Gasteiger partial charge in [0.15, 0.2) is 0 Å². The molecule has 0 saturated carbocycles. The van der Waals surface area contributed by atoms with Gasteiger partial charge in [-0.3, -0.25) is 5.43 Å². The van der Waals surface area contributed by atoms with Gasteiger partial charge in [0.2, 0.25) is 0 Å². The molecule has 0 rings (SSSR count). The van der Waals surface area contributed by atoms with Crippen LogP contribution in [0.25, 0.3) is 0 Å². The van der Waals surface area contributed by atoms with Gasteiger partial charge in [-0.05, 0) is 55.0 Å². The molecule has 154 valence electrons. The van der Waals surface area contributed by atoms with Crippen LogP contribution in [0, 0.1) is 0 Å².